The van der Waals surface area contributed by atoms with Gasteiger partial charge in [0.05, 0.1) is 10.2 Å². The summed E-state index contributed by atoms with van der Waals surface area (Å²) in [6, 6.07) is 5.23. The molecule has 1 heterocycles. The van der Waals surface area contributed by atoms with E-state index in [4.69, 9.17) is 22.3 Å². The molecule has 1 aromatic heterocycles. The number of benzene rings is 1. The fraction of sp³-hybridized carbons (Fsp3) is 0.125. The van der Waals surface area contributed by atoms with E-state index < -0.39 is 9.05 Å². The smallest absolute Gasteiger partial charge is 0.239 e. The zero-order valence-corrected chi connectivity index (χ0v) is 10.4. The van der Waals surface area contributed by atoms with Crippen molar-refractivity contribution in [1.82, 2.24) is 4.98 Å². The number of aromatic nitrogens is 1. The minimum Gasteiger partial charge on any atom is -0.240 e. The Bertz CT molecular complexity index is 606. The molecule has 7 heteroatoms. The number of hydrogen-bond acceptors (Lipinski definition) is 4. The van der Waals surface area contributed by atoms with Crippen LogP contribution in [-0.4, -0.2) is 13.4 Å². The quantitative estimate of drug-likeness (QED) is 0.795. The third kappa shape index (κ3) is 2.81. The lowest BCUT2D eigenvalue weighted by Crippen LogP contribution is -1.93. The highest BCUT2D eigenvalue weighted by molar-refractivity contribution is 8.13. The van der Waals surface area contributed by atoms with Crippen LogP contribution in [-0.2, 0) is 14.8 Å². The van der Waals surface area contributed by atoms with Gasteiger partial charge in [0.2, 0.25) is 9.05 Å². The zero-order valence-electron chi connectivity index (χ0n) is 7.28. The summed E-state index contributed by atoms with van der Waals surface area (Å²) in [5.41, 5.74) is 0.697. The van der Waals surface area contributed by atoms with Crippen molar-refractivity contribution in [1.29, 1.82) is 0 Å². The summed E-state index contributed by atoms with van der Waals surface area (Å²) < 4.78 is 22.6. The normalized spacial score (nSPS) is 12.1. The molecule has 0 aliphatic heterocycles. The fourth-order valence-electron chi connectivity index (χ4n) is 1.16. The Labute approximate surface area is 100 Å². The van der Waals surface area contributed by atoms with Crippen LogP contribution in [0.25, 0.3) is 10.2 Å². The monoisotopic (exact) mass is 281 g/mol. The molecule has 0 radical (unpaired) electrons. The molecule has 0 saturated carbocycles. The minimum atomic E-state index is -3.55. The van der Waals surface area contributed by atoms with E-state index in [1.165, 1.54) is 11.3 Å². The lowest BCUT2D eigenvalue weighted by Gasteiger charge is -1.87. The number of nitrogens with zero attached hydrogens (tertiary/aromatic N) is 1. The van der Waals surface area contributed by atoms with E-state index in [2.05, 4.69) is 4.98 Å². The van der Waals surface area contributed by atoms with Gasteiger partial charge in [-0.1, -0.05) is 11.6 Å². The lowest BCUT2D eigenvalue weighted by atomic mass is 10.3. The van der Waals surface area contributed by atoms with E-state index in [9.17, 15) is 8.42 Å². The van der Waals surface area contributed by atoms with Gasteiger partial charge in [-0.2, -0.15) is 0 Å². The second-order valence-corrected chi connectivity index (χ2v) is 7.23. The van der Waals surface area contributed by atoms with Gasteiger partial charge in [0.15, 0.2) is 0 Å². The summed E-state index contributed by atoms with van der Waals surface area (Å²) in [4.78, 5) is 4.13. The van der Waals surface area contributed by atoms with Crippen molar-refractivity contribution in [2.75, 3.05) is 0 Å². The Morgan fingerprint density at radius 2 is 2.13 bits per heavy atom. The molecule has 80 valence electrons. The third-order valence-corrected chi connectivity index (χ3v) is 4.09. The van der Waals surface area contributed by atoms with Gasteiger partial charge in [0.25, 0.3) is 0 Å². The van der Waals surface area contributed by atoms with Crippen molar-refractivity contribution in [3.8, 4) is 0 Å². The van der Waals surface area contributed by atoms with Gasteiger partial charge >= 0.3 is 0 Å². The highest BCUT2D eigenvalue weighted by Crippen LogP contribution is 2.26. The molecule has 0 amide bonds. The molecule has 0 aliphatic carbocycles. The molecule has 0 spiro atoms. The summed E-state index contributed by atoms with van der Waals surface area (Å²) >= 11 is 7.08. The predicted octanol–water partition coefficient (Wildman–Crippen LogP) is 3.02. The Morgan fingerprint density at radius 1 is 1.40 bits per heavy atom. The van der Waals surface area contributed by atoms with E-state index >= 15 is 0 Å². The first-order chi connectivity index (χ1) is 6.94. The second kappa shape index (κ2) is 3.90. The Balaban J connectivity index is 2.48. The van der Waals surface area contributed by atoms with Crippen molar-refractivity contribution in [3.05, 3.63) is 28.2 Å². The number of rotatable bonds is 2. The van der Waals surface area contributed by atoms with Crippen LogP contribution in [0.2, 0.25) is 5.02 Å². The molecule has 2 aromatic rings. The molecule has 0 fully saturated rings. The molecular formula is C8H5Cl2NO2S2. The van der Waals surface area contributed by atoms with Gasteiger partial charge in [-0.25, -0.2) is 13.4 Å². The highest BCUT2D eigenvalue weighted by Gasteiger charge is 2.11. The first-order valence-corrected chi connectivity index (χ1v) is 7.59. The lowest BCUT2D eigenvalue weighted by molar-refractivity contribution is 0.609. The number of thiazole rings is 1. The van der Waals surface area contributed by atoms with Gasteiger partial charge in [-0.3, -0.25) is 0 Å². The molecule has 3 nitrogen and oxygen atoms in total. The average Bonchev–Trinajstić information content (AvgIpc) is 2.42. The van der Waals surface area contributed by atoms with Crippen LogP contribution in [0.5, 0.6) is 0 Å². The van der Waals surface area contributed by atoms with E-state index in [1.54, 1.807) is 18.2 Å². The van der Waals surface area contributed by atoms with Crippen molar-refractivity contribution in [3.63, 3.8) is 0 Å². The molecule has 0 aliphatic rings. The van der Waals surface area contributed by atoms with Crippen LogP contribution in [0.1, 0.15) is 5.01 Å². The first kappa shape index (κ1) is 11.1. The van der Waals surface area contributed by atoms with E-state index in [0.717, 1.165) is 4.70 Å². The Hall–Kier alpha value is -0.360. The van der Waals surface area contributed by atoms with Crippen LogP contribution in [0, 0.1) is 0 Å². The first-order valence-electron chi connectivity index (χ1n) is 3.91. The molecule has 15 heavy (non-hydrogen) atoms. The molecule has 0 saturated heterocycles. The molecule has 0 unspecified atom stereocenters. The van der Waals surface area contributed by atoms with E-state index in [-0.39, 0.29) is 5.75 Å². The fourth-order valence-corrected chi connectivity index (χ4v) is 3.63. The maximum Gasteiger partial charge on any atom is 0.239 e. The summed E-state index contributed by atoms with van der Waals surface area (Å²) in [5, 5.41) is 1.05. The zero-order chi connectivity index (χ0) is 11.1. The second-order valence-electron chi connectivity index (χ2n) is 2.90. The summed E-state index contributed by atoms with van der Waals surface area (Å²) in [5.74, 6) is -0.245. The maximum atomic E-state index is 10.9. The van der Waals surface area contributed by atoms with Crippen molar-refractivity contribution < 1.29 is 8.42 Å². The third-order valence-electron chi connectivity index (χ3n) is 1.69. The highest BCUT2D eigenvalue weighted by atomic mass is 35.7. The van der Waals surface area contributed by atoms with Crippen LogP contribution in [0.4, 0.5) is 0 Å². The standard InChI is InChI=1S/C8H5Cl2NO2S2/c9-5-1-2-7-6(3-5)11-8(14-7)4-15(10,12)13/h1-3H,4H2. The van der Waals surface area contributed by atoms with Crippen LogP contribution in [0.15, 0.2) is 18.2 Å². The molecule has 0 atom stereocenters. The molecule has 0 bridgehead atoms. The van der Waals surface area contributed by atoms with Crippen molar-refractivity contribution >= 4 is 52.9 Å². The van der Waals surface area contributed by atoms with Crippen molar-refractivity contribution in [2.45, 2.75) is 5.75 Å². The van der Waals surface area contributed by atoms with Crippen molar-refractivity contribution in [2.24, 2.45) is 0 Å². The topological polar surface area (TPSA) is 47.0 Å². The molecule has 2 rings (SSSR count). The molecular weight excluding hydrogens is 277 g/mol. The summed E-state index contributed by atoms with van der Waals surface area (Å²) in [6.45, 7) is 0. The maximum absolute atomic E-state index is 10.9. The van der Waals surface area contributed by atoms with Gasteiger partial charge in [0, 0.05) is 15.7 Å². The predicted molar refractivity (Wildman–Crippen MR) is 63.1 cm³/mol. The van der Waals surface area contributed by atoms with Crippen LogP contribution in [0.3, 0.4) is 0 Å². The minimum absolute atomic E-state index is 0.245. The van der Waals surface area contributed by atoms with Gasteiger partial charge < -0.3 is 0 Å². The largest absolute Gasteiger partial charge is 0.240 e. The van der Waals surface area contributed by atoms with E-state index in [1.807, 2.05) is 0 Å². The Morgan fingerprint density at radius 3 is 2.80 bits per heavy atom. The number of hydrogen-bond donors (Lipinski definition) is 0. The van der Waals surface area contributed by atoms with Crippen LogP contribution < -0.4 is 0 Å². The van der Waals surface area contributed by atoms with Gasteiger partial charge in [0.1, 0.15) is 10.8 Å². The number of fused-ring (bicyclic) bond motifs is 1. The average molecular weight is 282 g/mol. The summed E-state index contributed by atoms with van der Waals surface area (Å²) in [6.07, 6.45) is 0. The van der Waals surface area contributed by atoms with E-state index in [0.29, 0.717) is 15.5 Å². The SMILES string of the molecule is O=S(=O)(Cl)Cc1nc2cc(Cl)ccc2s1. The van der Waals surface area contributed by atoms with Gasteiger partial charge in [-0.05, 0) is 18.2 Å². The molecule has 0 N–H and O–H groups in total. The Kier molecular flexibility index (Phi) is 2.89. The number of halogens is 2. The van der Waals surface area contributed by atoms with Gasteiger partial charge in [-0.15, -0.1) is 11.3 Å². The van der Waals surface area contributed by atoms with Crippen LogP contribution >= 0.6 is 33.6 Å². The molecule has 1 aromatic carbocycles. The summed E-state index contributed by atoms with van der Waals surface area (Å²) in [7, 11) is 1.59.